The molecule has 0 atom stereocenters. The minimum absolute atomic E-state index is 0.668. The highest BCUT2D eigenvalue weighted by Crippen LogP contribution is 2.30. The maximum Gasteiger partial charge on any atom is 0.151 e. The van der Waals surface area contributed by atoms with Gasteiger partial charge in [-0.2, -0.15) is 5.10 Å². The van der Waals surface area contributed by atoms with Crippen molar-refractivity contribution in [2.24, 2.45) is 4.99 Å². The number of fused-ring (bicyclic) bond motifs is 2. The number of pyridine rings is 1. The van der Waals surface area contributed by atoms with E-state index in [1.165, 1.54) is 35.8 Å². The van der Waals surface area contributed by atoms with Crippen LogP contribution in [0.5, 0.6) is 0 Å². The smallest absolute Gasteiger partial charge is 0.151 e. The molecule has 1 saturated heterocycles. The number of nitrogens with zero attached hydrogens (tertiary/aromatic N) is 4. The largest absolute Gasteiger partial charge is 0.356 e. The monoisotopic (exact) mass is 413 g/mol. The first-order chi connectivity index (χ1) is 15.4. The van der Waals surface area contributed by atoms with Crippen LogP contribution in [0.15, 0.2) is 46.6 Å². The van der Waals surface area contributed by atoms with Gasteiger partial charge in [-0.1, -0.05) is 12.2 Å². The van der Waals surface area contributed by atoms with Gasteiger partial charge in [0, 0.05) is 36.4 Å². The van der Waals surface area contributed by atoms with Gasteiger partial charge in [0.1, 0.15) is 11.5 Å². The van der Waals surface area contributed by atoms with E-state index in [9.17, 15) is 0 Å². The number of nitrogens with one attached hydrogen (secondary N) is 3. The third-order valence-corrected chi connectivity index (χ3v) is 6.52. The van der Waals surface area contributed by atoms with Crippen molar-refractivity contribution in [2.75, 3.05) is 37.6 Å². The number of aromatic nitrogens is 4. The molecule has 0 radical (unpaired) electrons. The molecule has 0 amide bonds. The van der Waals surface area contributed by atoms with Gasteiger partial charge in [0.05, 0.1) is 17.8 Å². The fourth-order valence-corrected chi connectivity index (χ4v) is 4.89. The van der Waals surface area contributed by atoms with E-state index in [-0.39, 0.29) is 0 Å². The van der Waals surface area contributed by atoms with Crippen molar-refractivity contribution in [1.29, 1.82) is 0 Å². The van der Waals surface area contributed by atoms with Gasteiger partial charge in [-0.25, -0.2) is 4.98 Å². The standard InChI is InChI=1S/C24H27N7/c1-2-12-31(13-3-1)24-18-15-21(28-20(18)7-11-27-24)22-19-14-17(16-4-8-25-9-5-16)6-10-26-23(19)30-29-22/h4,6-7,11,14-15,25,28H,1-3,5,8-10,12-13H2,(H,26,30). The zero-order valence-electron chi connectivity index (χ0n) is 17.6. The first-order valence-electron chi connectivity index (χ1n) is 11.3. The number of piperidine rings is 1. The summed E-state index contributed by atoms with van der Waals surface area (Å²) in [5, 5.41) is 13.4. The van der Waals surface area contributed by atoms with Crippen molar-refractivity contribution in [2.45, 2.75) is 25.7 Å². The Bertz CT molecular complexity index is 1300. The first kappa shape index (κ1) is 18.6. The van der Waals surface area contributed by atoms with Crippen LogP contribution in [0.1, 0.15) is 25.7 Å². The lowest BCUT2D eigenvalue weighted by Crippen LogP contribution is -2.30. The van der Waals surface area contributed by atoms with E-state index in [4.69, 9.17) is 9.98 Å². The second kappa shape index (κ2) is 7.81. The van der Waals surface area contributed by atoms with Crippen LogP contribution in [0, 0.1) is 0 Å². The third-order valence-electron chi connectivity index (χ3n) is 6.52. The Hall–Kier alpha value is -3.19. The highest BCUT2D eigenvalue weighted by Gasteiger charge is 2.18. The van der Waals surface area contributed by atoms with Crippen LogP contribution in [0.4, 0.5) is 5.82 Å². The minimum atomic E-state index is 0.668. The maximum atomic E-state index is 4.73. The van der Waals surface area contributed by atoms with Crippen LogP contribution in [-0.2, 0) is 0 Å². The van der Waals surface area contributed by atoms with Gasteiger partial charge in [0.15, 0.2) is 5.49 Å². The van der Waals surface area contributed by atoms with Crippen LogP contribution in [-0.4, -0.2) is 52.9 Å². The van der Waals surface area contributed by atoms with Gasteiger partial charge >= 0.3 is 0 Å². The molecule has 7 nitrogen and oxygen atoms in total. The van der Waals surface area contributed by atoms with E-state index >= 15 is 0 Å². The Balaban J connectivity index is 1.45. The molecule has 0 unspecified atom stereocenters. The summed E-state index contributed by atoms with van der Waals surface area (Å²) in [6, 6.07) is 4.26. The summed E-state index contributed by atoms with van der Waals surface area (Å²) in [5.41, 5.74) is 6.53. The van der Waals surface area contributed by atoms with Crippen LogP contribution in [0.2, 0.25) is 0 Å². The number of hydrogen-bond acceptors (Lipinski definition) is 5. The van der Waals surface area contributed by atoms with Crippen LogP contribution in [0.25, 0.3) is 28.4 Å². The van der Waals surface area contributed by atoms with E-state index in [0.717, 1.165) is 66.0 Å². The lowest BCUT2D eigenvalue weighted by molar-refractivity contribution is 0.575. The Kier molecular flexibility index (Phi) is 4.68. The van der Waals surface area contributed by atoms with Crippen molar-refractivity contribution < 1.29 is 0 Å². The molecule has 0 aliphatic carbocycles. The molecule has 158 valence electrons. The zero-order valence-corrected chi connectivity index (χ0v) is 17.6. The number of H-pyrrole nitrogens is 2. The summed E-state index contributed by atoms with van der Waals surface area (Å²) in [6.07, 6.45) is 13.5. The average molecular weight is 414 g/mol. The molecule has 3 aliphatic heterocycles. The van der Waals surface area contributed by atoms with Crippen molar-refractivity contribution in [3.05, 3.63) is 52.3 Å². The summed E-state index contributed by atoms with van der Waals surface area (Å²) in [4.78, 5) is 15.5. The molecule has 3 N–H and O–H groups in total. The molecule has 3 aliphatic rings. The van der Waals surface area contributed by atoms with Gasteiger partial charge in [-0.15, -0.1) is 0 Å². The fraction of sp³-hybridized carbons (Fsp3) is 0.375. The van der Waals surface area contributed by atoms with Crippen molar-refractivity contribution in [1.82, 2.24) is 25.5 Å². The van der Waals surface area contributed by atoms with Crippen LogP contribution in [0.3, 0.4) is 0 Å². The Labute approximate surface area is 180 Å². The van der Waals surface area contributed by atoms with Gasteiger partial charge in [-0.05, 0) is 61.6 Å². The number of rotatable bonds is 3. The highest BCUT2D eigenvalue weighted by molar-refractivity contribution is 5.94. The zero-order chi connectivity index (χ0) is 20.6. The molecule has 31 heavy (non-hydrogen) atoms. The number of anilines is 1. The molecule has 0 bridgehead atoms. The number of allylic oxidation sites excluding steroid dienone is 1. The van der Waals surface area contributed by atoms with Gasteiger partial charge in [-0.3, -0.25) is 10.1 Å². The third kappa shape index (κ3) is 3.39. The van der Waals surface area contributed by atoms with E-state index in [1.54, 1.807) is 0 Å². The van der Waals surface area contributed by atoms with Gasteiger partial charge in [0.2, 0.25) is 0 Å². The van der Waals surface area contributed by atoms with Crippen LogP contribution >= 0.6 is 0 Å². The summed E-state index contributed by atoms with van der Waals surface area (Å²) in [7, 11) is 0. The summed E-state index contributed by atoms with van der Waals surface area (Å²) >= 11 is 0. The molecule has 3 aromatic heterocycles. The minimum Gasteiger partial charge on any atom is -0.356 e. The summed E-state index contributed by atoms with van der Waals surface area (Å²) in [6.45, 7) is 4.77. The van der Waals surface area contributed by atoms with Crippen molar-refractivity contribution in [3.8, 4) is 11.4 Å². The second-order valence-electron chi connectivity index (χ2n) is 8.49. The molecule has 6 rings (SSSR count). The van der Waals surface area contributed by atoms with E-state index in [0.29, 0.717) is 6.54 Å². The quantitative estimate of drug-likeness (QED) is 0.615. The van der Waals surface area contributed by atoms with Crippen molar-refractivity contribution >= 4 is 22.8 Å². The topological polar surface area (TPSA) is 85.0 Å². The average Bonchev–Trinajstić information content (AvgIpc) is 3.37. The Morgan fingerprint density at radius 1 is 1.06 bits per heavy atom. The van der Waals surface area contributed by atoms with Crippen LogP contribution < -0.4 is 20.9 Å². The van der Waals surface area contributed by atoms with Gasteiger partial charge < -0.3 is 15.2 Å². The fourth-order valence-electron chi connectivity index (χ4n) is 4.89. The Morgan fingerprint density at radius 3 is 2.87 bits per heavy atom. The maximum absolute atomic E-state index is 4.73. The summed E-state index contributed by atoms with van der Waals surface area (Å²) < 4.78 is 0. The molecular formula is C24H27N7. The molecule has 1 fully saturated rings. The molecular weight excluding hydrogens is 386 g/mol. The molecule has 0 aromatic carbocycles. The van der Waals surface area contributed by atoms with Gasteiger partial charge in [0.25, 0.3) is 0 Å². The molecule has 6 heterocycles. The highest BCUT2D eigenvalue weighted by atomic mass is 15.2. The normalized spacial score (nSPS) is 19.2. The molecule has 3 aromatic rings. The Morgan fingerprint density at radius 2 is 2.00 bits per heavy atom. The molecule has 0 spiro atoms. The SMILES string of the molecule is C1=C(C2=CCNCC2)C=c2c(-c3cc4c(N5CCCCC5)nccc4[nH]3)n[nH]c2=NC1. The molecule has 7 heteroatoms. The number of aromatic amines is 2. The predicted molar refractivity (Wildman–Crippen MR) is 124 cm³/mol. The number of hydrogen-bond donors (Lipinski definition) is 3. The molecule has 0 saturated carbocycles. The predicted octanol–water partition coefficient (Wildman–Crippen LogP) is 2.20. The van der Waals surface area contributed by atoms with E-state index in [2.05, 4.69) is 55.8 Å². The first-order valence-corrected chi connectivity index (χ1v) is 11.3. The van der Waals surface area contributed by atoms with E-state index < -0.39 is 0 Å². The second-order valence-corrected chi connectivity index (χ2v) is 8.49. The van der Waals surface area contributed by atoms with E-state index in [1.807, 2.05) is 6.20 Å². The lowest BCUT2D eigenvalue weighted by atomic mass is 9.98. The summed E-state index contributed by atoms with van der Waals surface area (Å²) in [5.74, 6) is 1.08. The lowest BCUT2D eigenvalue weighted by Gasteiger charge is -2.28. The van der Waals surface area contributed by atoms with Crippen molar-refractivity contribution in [3.63, 3.8) is 0 Å².